The third kappa shape index (κ3) is 2.80. The molecule has 2 aromatic rings. The molecule has 0 radical (unpaired) electrons. The van der Waals surface area contributed by atoms with E-state index in [0.29, 0.717) is 23.9 Å². The van der Waals surface area contributed by atoms with Crippen molar-refractivity contribution in [2.75, 3.05) is 18.4 Å². The van der Waals surface area contributed by atoms with Crippen LogP contribution in [0.3, 0.4) is 0 Å². The van der Waals surface area contributed by atoms with E-state index in [4.69, 9.17) is 11.6 Å². The minimum absolute atomic E-state index is 0. The number of nitrogens with zero attached hydrogens (tertiary/aromatic N) is 4. The van der Waals surface area contributed by atoms with Gasteiger partial charge in [0, 0.05) is 26.2 Å². The lowest BCUT2D eigenvalue weighted by atomic mass is 10.1. The molecule has 3 N–H and O–H groups in total. The molecule has 0 aromatic carbocycles. The van der Waals surface area contributed by atoms with E-state index in [0.717, 1.165) is 17.4 Å². The zero-order chi connectivity index (χ0) is 13.4. The maximum Gasteiger partial charge on any atom is 0.177 e. The van der Waals surface area contributed by atoms with Crippen LogP contribution in [0.2, 0.25) is 5.15 Å². The van der Waals surface area contributed by atoms with E-state index in [-0.39, 0.29) is 24.6 Å². The fourth-order valence-electron chi connectivity index (χ4n) is 2.38. The number of hydrogen-bond donors (Lipinski definition) is 3. The van der Waals surface area contributed by atoms with Crippen molar-refractivity contribution in [2.24, 2.45) is 7.05 Å². The summed E-state index contributed by atoms with van der Waals surface area (Å²) in [7, 11) is 1.81. The molecule has 2 atom stereocenters. The second-order valence-electron chi connectivity index (χ2n) is 4.76. The summed E-state index contributed by atoms with van der Waals surface area (Å²) in [5.74, 6) is 0.647. The molecule has 0 bridgehead atoms. The summed E-state index contributed by atoms with van der Waals surface area (Å²) < 4.78 is 1.67. The predicted molar refractivity (Wildman–Crippen MR) is 79.5 cm³/mol. The van der Waals surface area contributed by atoms with E-state index in [1.165, 1.54) is 0 Å². The molecule has 3 rings (SSSR count). The Balaban J connectivity index is 0.00000147. The van der Waals surface area contributed by atoms with Gasteiger partial charge >= 0.3 is 0 Å². The molecule has 0 unspecified atom stereocenters. The molecule has 0 spiro atoms. The van der Waals surface area contributed by atoms with Gasteiger partial charge in [-0.15, -0.1) is 22.6 Å². The number of aliphatic hydroxyl groups excluding tert-OH is 1. The molecule has 9 heteroatoms. The second kappa shape index (κ2) is 6.09. The van der Waals surface area contributed by atoms with Gasteiger partial charge in [-0.25, -0.2) is 0 Å². The molecule has 1 fully saturated rings. The average molecular weight is 319 g/mol. The smallest absolute Gasteiger partial charge is 0.177 e. The molecular weight excluding hydrogens is 303 g/mol. The van der Waals surface area contributed by atoms with Crippen molar-refractivity contribution < 1.29 is 5.11 Å². The number of piperidine rings is 1. The molecule has 1 saturated heterocycles. The lowest BCUT2D eigenvalue weighted by Crippen LogP contribution is -2.45. The number of fused-ring (bicyclic) bond motifs is 1. The number of rotatable bonds is 2. The van der Waals surface area contributed by atoms with Gasteiger partial charge in [-0.05, 0) is 6.42 Å². The first kappa shape index (κ1) is 15.2. The molecule has 3 heterocycles. The summed E-state index contributed by atoms with van der Waals surface area (Å²) in [5, 5.41) is 29.5. The number of halogens is 2. The van der Waals surface area contributed by atoms with Gasteiger partial charge in [0.05, 0.1) is 17.7 Å². The molecule has 2 aromatic heterocycles. The number of anilines is 1. The molecule has 0 aliphatic carbocycles. The van der Waals surface area contributed by atoms with Gasteiger partial charge in [-0.1, -0.05) is 11.6 Å². The molecule has 1 aliphatic heterocycles. The highest BCUT2D eigenvalue weighted by atomic mass is 35.5. The Morgan fingerprint density at radius 1 is 1.45 bits per heavy atom. The number of aromatic nitrogens is 4. The van der Waals surface area contributed by atoms with Gasteiger partial charge in [-0.2, -0.15) is 5.10 Å². The summed E-state index contributed by atoms with van der Waals surface area (Å²) >= 11 is 6.03. The Bertz CT molecular complexity index is 604. The topological polar surface area (TPSA) is 87.9 Å². The van der Waals surface area contributed by atoms with Gasteiger partial charge in [0.2, 0.25) is 0 Å². The summed E-state index contributed by atoms with van der Waals surface area (Å²) in [6, 6.07) is 0.114. The molecule has 7 nitrogen and oxygen atoms in total. The number of aliphatic hydroxyl groups is 1. The highest BCUT2D eigenvalue weighted by Crippen LogP contribution is 2.26. The van der Waals surface area contributed by atoms with E-state index < -0.39 is 0 Å². The van der Waals surface area contributed by atoms with Gasteiger partial charge in [0.15, 0.2) is 11.0 Å². The van der Waals surface area contributed by atoms with Crippen molar-refractivity contribution in [1.82, 2.24) is 25.3 Å². The van der Waals surface area contributed by atoms with Crippen LogP contribution in [0.25, 0.3) is 10.9 Å². The van der Waals surface area contributed by atoms with Crippen LogP contribution in [0.4, 0.5) is 5.82 Å². The van der Waals surface area contributed by atoms with Gasteiger partial charge in [0.25, 0.3) is 0 Å². The standard InChI is InChI=1S/C11H15ClN6O.ClH/c1-18-9-8(5-14-18)11(17-16-10(9)12)15-6-2-7(19)4-13-3-6;/h5-7,13,19H,2-4H2,1H3,(H,15,17);1H/t6-,7+;/m1./s1. The highest BCUT2D eigenvalue weighted by Gasteiger charge is 2.21. The minimum atomic E-state index is -0.337. The molecule has 0 saturated carbocycles. The Labute approximate surface area is 127 Å². The van der Waals surface area contributed by atoms with Crippen molar-refractivity contribution in [3.8, 4) is 0 Å². The maximum atomic E-state index is 9.64. The van der Waals surface area contributed by atoms with Crippen LogP contribution in [0.1, 0.15) is 6.42 Å². The van der Waals surface area contributed by atoms with E-state index in [1.807, 2.05) is 7.05 Å². The van der Waals surface area contributed by atoms with Gasteiger partial charge in [0.1, 0.15) is 5.52 Å². The Hall–Kier alpha value is -1.15. The summed E-state index contributed by atoms with van der Waals surface area (Å²) in [4.78, 5) is 0. The van der Waals surface area contributed by atoms with E-state index in [9.17, 15) is 5.11 Å². The second-order valence-corrected chi connectivity index (χ2v) is 5.12. The van der Waals surface area contributed by atoms with E-state index >= 15 is 0 Å². The van der Waals surface area contributed by atoms with Crippen LogP contribution >= 0.6 is 24.0 Å². The monoisotopic (exact) mass is 318 g/mol. The molecule has 20 heavy (non-hydrogen) atoms. The average Bonchev–Trinajstić information content (AvgIpc) is 2.76. The van der Waals surface area contributed by atoms with Crippen molar-refractivity contribution in [3.63, 3.8) is 0 Å². The molecule has 110 valence electrons. The summed E-state index contributed by atoms with van der Waals surface area (Å²) in [6.07, 6.45) is 2.06. The summed E-state index contributed by atoms with van der Waals surface area (Å²) in [6.45, 7) is 1.41. The Kier molecular flexibility index (Phi) is 4.64. The molecule has 1 aliphatic rings. The number of aryl methyl sites for hydroxylation is 1. The third-order valence-corrected chi connectivity index (χ3v) is 3.55. The zero-order valence-electron chi connectivity index (χ0n) is 10.9. The van der Waals surface area contributed by atoms with Crippen molar-refractivity contribution >= 4 is 40.7 Å². The Morgan fingerprint density at radius 3 is 3.00 bits per heavy atom. The van der Waals surface area contributed by atoms with Crippen molar-refractivity contribution in [3.05, 3.63) is 11.3 Å². The normalized spacial score (nSPS) is 22.6. The van der Waals surface area contributed by atoms with E-state index in [2.05, 4.69) is 25.9 Å². The predicted octanol–water partition coefficient (Wildman–Crippen LogP) is 0.573. The van der Waals surface area contributed by atoms with Crippen LogP contribution in [0.5, 0.6) is 0 Å². The van der Waals surface area contributed by atoms with Crippen molar-refractivity contribution in [2.45, 2.75) is 18.6 Å². The van der Waals surface area contributed by atoms with Gasteiger partial charge < -0.3 is 15.7 Å². The maximum absolute atomic E-state index is 9.64. The number of hydrogen-bond acceptors (Lipinski definition) is 6. The number of β-amino-alcohol motifs (C(OH)–C–C–N with tert-alkyl or cyclic N) is 1. The highest BCUT2D eigenvalue weighted by molar-refractivity contribution is 6.34. The quantitative estimate of drug-likeness (QED) is 0.750. The van der Waals surface area contributed by atoms with Crippen molar-refractivity contribution in [1.29, 1.82) is 0 Å². The lowest BCUT2D eigenvalue weighted by Gasteiger charge is -2.27. The third-order valence-electron chi connectivity index (χ3n) is 3.30. The molecule has 0 amide bonds. The van der Waals surface area contributed by atoms with Crippen LogP contribution in [0.15, 0.2) is 6.20 Å². The largest absolute Gasteiger partial charge is 0.392 e. The SMILES string of the molecule is Cl.Cn1ncc2c(N[C@H]3CNC[C@@H](O)C3)nnc(Cl)c21. The first-order chi connectivity index (χ1) is 9.15. The first-order valence-electron chi connectivity index (χ1n) is 6.14. The van der Waals surface area contributed by atoms with Crippen LogP contribution in [0, 0.1) is 0 Å². The van der Waals surface area contributed by atoms with Crippen LogP contribution in [-0.2, 0) is 7.05 Å². The fourth-order valence-corrected chi connectivity index (χ4v) is 2.64. The van der Waals surface area contributed by atoms with Crippen LogP contribution < -0.4 is 10.6 Å². The lowest BCUT2D eigenvalue weighted by molar-refractivity contribution is 0.136. The van der Waals surface area contributed by atoms with E-state index in [1.54, 1.807) is 10.9 Å². The van der Waals surface area contributed by atoms with Gasteiger partial charge in [-0.3, -0.25) is 4.68 Å². The molecular formula is C11H16Cl2N6O. The van der Waals surface area contributed by atoms with Crippen LogP contribution in [-0.4, -0.2) is 50.3 Å². The summed E-state index contributed by atoms with van der Waals surface area (Å²) in [5.41, 5.74) is 0.753. The fraction of sp³-hybridized carbons (Fsp3) is 0.545. The first-order valence-corrected chi connectivity index (χ1v) is 6.52. The minimum Gasteiger partial charge on any atom is -0.392 e. The Morgan fingerprint density at radius 2 is 2.25 bits per heavy atom. The zero-order valence-corrected chi connectivity index (χ0v) is 12.4. The number of nitrogens with one attached hydrogen (secondary N) is 2.